The number of hydrogen-bond donors (Lipinski definition) is 0. The Morgan fingerprint density at radius 2 is 1.94 bits per heavy atom. The average molecular weight is 220 g/mol. The van der Waals surface area contributed by atoms with Crippen LogP contribution in [-0.2, 0) is 19.9 Å². The first-order valence-corrected chi connectivity index (χ1v) is 5.47. The molecule has 0 saturated carbocycles. The zero-order valence-electron chi connectivity index (χ0n) is 9.82. The fourth-order valence-electron chi connectivity index (χ4n) is 1.98. The Bertz CT molecular complexity index is 401. The highest BCUT2D eigenvalue weighted by atomic mass is 16.7. The summed E-state index contributed by atoms with van der Waals surface area (Å²) in [5.41, 5.74) is -0.393. The van der Waals surface area contributed by atoms with Crippen LogP contribution >= 0.6 is 0 Å². The summed E-state index contributed by atoms with van der Waals surface area (Å²) in [5.74, 6) is -0.290. The van der Waals surface area contributed by atoms with E-state index in [1.54, 1.807) is 13.8 Å². The minimum Gasteiger partial charge on any atom is -0.464 e. The summed E-state index contributed by atoms with van der Waals surface area (Å²) in [6.07, 6.45) is 0. The van der Waals surface area contributed by atoms with Gasteiger partial charge >= 0.3 is 5.97 Å². The van der Waals surface area contributed by atoms with Gasteiger partial charge in [0.1, 0.15) is 5.60 Å². The SMILES string of the molecule is CCOC(=O)C1(C)OC1(C)c1ccccc1. The summed E-state index contributed by atoms with van der Waals surface area (Å²) < 4.78 is 10.6. The fourth-order valence-corrected chi connectivity index (χ4v) is 1.98. The smallest absolute Gasteiger partial charge is 0.341 e. The second kappa shape index (κ2) is 3.59. The van der Waals surface area contributed by atoms with E-state index in [0.717, 1.165) is 5.56 Å². The lowest BCUT2D eigenvalue weighted by atomic mass is 9.89. The standard InChI is InChI=1S/C13H16O3/c1-4-15-11(14)13(3)12(2,16-13)10-8-6-5-7-9-10/h5-9H,4H2,1-3H3. The minimum atomic E-state index is -0.843. The lowest BCUT2D eigenvalue weighted by molar-refractivity contribution is -0.148. The Balaban J connectivity index is 2.23. The fraction of sp³-hybridized carbons (Fsp3) is 0.462. The molecule has 1 aliphatic rings. The van der Waals surface area contributed by atoms with Crippen molar-refractivity contribution < 1.29 is 14.3 Å². The third-order valence-electron chi connectivity index (χ3n) is 3.27. The van der Waals surface area contributed by atoms with Gasteiger partial charge in [-0.25, -0.2) is 4.79 Å². The Hall–Kier alpha value is -1.35. The van der Waals surface area contributed by atoms with Gasteiger partial charge in [-0.05, 0) is 26.3 Å². The van der Waals surface area contributed by atoms with Crippen molar-refractivity contribution in [3.63, 3.8) is 0 Å². The molecule has 0 radical (unpaired) electrons. The molecule has 3 nitrogen and oxygen atoms in total. The summed E-state index contributed by atoms with van der Waals surface area (Å²) in [6, 6.07) is 9.74. The van der Waals surface area contributed by atoms with Crippen LogP contribution in [0.25, 0.3) is 0 Å². The van der Waals surface area contributed by atoms with Crippen LogP contribution in [0.4, 0.5) is 0 Å². The number of esters is 1. The predicted octanol–water partition coefficient (Wildman–Crippen LogP) is 2.25. The van der Waals surface area contributed by atoms with Gasteiger partial charge in [-0.3, -0.25) is 0 Å². The van der Waals surface area contributed by atoms with Gasteiger partial charge in [0.2, 0.25) is 0 Å². The number of epoxide rings is 1. The molecule has 1 aromatic rings. The van der Waals surface area contributed by atoms with Gasteiger partial charge < -0.3 is 9.47 Å². The van der Waals surface area contributed by atoms with E-state index >= 15 is 0 Å². The highest BCUT2D eigenvalue weighted by Crippen LogP contribution is 2.55. The summed E-state index contributed by atoms with van der Waals surface area (Å²) >= 11 is 0. The minimum absolute atomic E-state index is 0.290. The van der Waals surface area contributed by atoms with E-state index in [1.165, 1.54) is 0 Å². The highest BCUT2D eigenvalue weighted by Gasteiger charge is 2.70. The number of rotatable bonds is 3. The number of hydrogen-bond acceptors (Lipinski definition) is 3. The van der Waals surface area contributed by atoms with Gasteiger partial charge in [-0.15, -0.1) is 0 Å². The van der Waals surface area contributed by atoms with Crippen LogP contribution in [0.2, 0.25) is 0 Å². The quantitative estimate of drug-likeness (QED) is 0.579. The van der Waals surface area contributed by atoms with E-state index in [1.807, 2.05) is 37.3 Å². The van der Waals surface area contributed by atoms with E-state index in [4.69, 9.17) is 9.47 Å². The van der Waals surface area contributed by atoms with Gasteiger partial charge in [-0.1, -0.05) is 30.3 Å². The Kier molecular flexibility index (Phi) is 2.50. The summed E-state index contributed by atoms with van der Waals surface area (Å²) in [4.78, 5) is 11.8. The third kappa shape index (κ3) is 1.43. The second-order valence-corrected chi connectivity index (χ2v) is 4.26. The molecule has 86 valence electrons. The molecule has 0 bridgehead atoms. The molecule has 1 saturated heterocycles. The van der Waals surface area contributed by atoms with E-state index < -0.39 is 11.2 Å². The molecule has 1 fully saturated rings. The molecule has 2 unspecified atom stereocenters. The van der Waals surface area contributed by atoms with Crippen LogP contribution in [0.1, 0.15) is 26.3 Å². The van der Waals surface area contributed by atoms with Gasteiger partial charge in [0.25, 0.3) is 0 Å². The van der Waals surface area contributed by atoms with Crippen LogP contribution in [0, 0.1) is 0 Å². The second-order valence-electron chi connectivity index (χ2n) is 4.26. The van der Waals surface area contributed by atoms with E-state index in [-0.39, 0.29) is 5.97 Å². The lowest BCUT2D eigenvalue weighted by Gasteiger charge is -2.11. The zero-order chi connectivity index (χ0) is 11.8. The molecular weight excluding hydrogens is 204 g/mol. The van der Waals surface area contributed by atoms with Crippen LogP contribution in [-0.4, -0.2) is 18.2 Å². The van der Waals surface area contributed by atoms with Gasteiger partial charge in [0, 0.05) is 0 Å². The third-order valence-corrected chi connectivity index (χ3v) is 3.27. The predicted molar refractivity (Wildman–Crippen MR) is 59.9 cm³/mol. The van der Waals surface area contributed by atoms with Crippen LogP contribution in [0.5, 0.6) is 0 Å². The van der Waals surface area contributed by atoms with Crippen molar-refractivity contribution in [2.24, 2.45) is 0 Å². The maximum Gasteiger partial charge on any atom is 0.341 e. The van der Waals surface area contributed by atoms with Crippen molar-refractivity contribution in [3.8, 4) is 0 Å². The van der Waals surface area contributed by atoms with Crippen molar-refractivity contribution in [1.82, 2.24) is 0 Å². The highest BCUT2D eigenvalue weighted by molar-refractivity contribution is 5.84. The van der Waals surface area contributed by atoms with Crippen molar-refractivity contribution in [2.45, 2.75) is 32.0 Å². The molecule has 1 aromatic carbocycles. The first-order valence-electron chi connectivity index (χ1n) is 5.47. The van der Waals surface area contributed by atoms with Gasteiger partial charge in [0.15, 0.2) is 5.60 Å². The summed E-state index contributed by atoms with van der Waals surface area (Å²) in [6.45, 7) is 5.86. The Morgan fingerprint density at radius 1 is 1.31 bits per heavy atom. The number of carbonyl (C=O) groups excluding carboxylic acids is 1. The maximum absolute atomic E-state index is 11.8. The molecule has 2 atom stereocenters. The Morgan fingerprint density at radius 3 is 2.50 bits per heavy atom. The molecule has 0 amide bonds. The number of benzene rings is 1. The summed E-state index contributed by atoms with van der Waals surface area (Å²) in [7, 11) is 0. The normalized spacial score (nSPS) is 32.2. The van der Waals surface area contributed by atoms with Gasteiger partial charge in [0.05, 0.1) is 6.61 Å². The van der Waals surface area contributed by atoms with E-state index in [9.17, 15) is 4.79 Å². The molecule has 0 aliphatic carbocycles. The molecule has 0 N–H and O–H groups in total. The van der Waals surface area contributed by atoms with Crippen LogP contribution < -0.4 is 0 Å². The molecule has 3 heteroatoms. The topological polar surface area (TPSA) is 38.8 Å². The monoisotopic (exact) mass is 220 g/mol. The summed E-state index contributed by atoms with van der Waals surface area (Å²) in [5, 5.41) is 0. The van der Waals surface area contributed by atoms with E-state index in [2.05, 4.69) is 0 Å². The molecule has 16 heavy (non-hydrogen) atoms. The number of ether oxygens (including phenoxy) is 2. The van der Waals surface area contributed by atoms with Crippen molar-refractivity contribution >= 4 is 5.97 Å². The first kappa shape index (κ1) is 11.1. The zero-order valence-corrected chi connectivity index (χ0v) is 9.82. The van der Waals surface area contributed by atoms with Crippen molar-refractivity contribution in [2.75, 3.05) is 6.61 Å². The average Bonchev–Trinajstić information content (AvgIpc) is 2.87. The molecule has 2 rings (SSSR count). The van der Waals surface area contributed by atoms with Crippen molar-refractivity contribution in [1.29, 1.82) is 0 Å². The maximum atomic E-state index is 11.8. The molecular formula is C13H16O3. The molecule has 1 heterocycles. The van der Waals surface area contributed by atoms with Gasteiger partial charge in [-0.2, -0.15) is 0 Å². The van der Waals surface area contributed by atoms with Crippen LogP contribution in [0.3, 0.4) is 0 Å². The number of carbonyl (C=O) groups is 1. The first-order chi connectivity index (χ1) is 7.54. The molecule has 0 spiro atoms. The Labute approximate surface area is 95.4 Å². The van der Waals surface area contributed by atoms with E-state index in [0.29, 0.717) is 6.61 Å². The van der Waals surface area contributed by atoms with Crippen molar-refractivity contribution in [3.05, 3.63) is 35.9 Å². The lowest BCUT2D eigenvalue weighted by Crippen LogP contribution is -2.30. The largest absolute Gasteiger partial charge is 0.464 e. The molecule has 1 aliphatic heterocycles. The molecule has 0 aromatic heterocycles. The van der Waals surface area contributed by atoms with Crippen LogP contribution in [0.15, 0.2) is 30.3 Å².